The Kier molecular flexibility index (Phi) is 4.11. The summed E-state index contributed by atoms with van der Waals surface area (Å²) >= 11 is 0. The Morgan fingerprint density at radius 1 is 1.08 bits per heavy atom. The number of nitriles is 1. The minimum Gasteiger partial charge on any atom is -0.343 e. The number of benzene rings is 2. The Morgan fingerprint density at radius 2 is 1.84 bits per heavy atom. The van der Waals surface area contributed by atoms with Gasteiger partial charge in [0.05, 0.1) is 11.6 Å². The van der Waals surface area contributed by atoms with Crippen LogP contribution in [0.5, 0.6) is 0 Å². The van der Waals surface area contributed by atoms with E-state index in [1.54, 1.807) is 0 Å². The van der Waals surface area contributed by atoms with Crippen LogP contribution in [0.4, 0.5) is 0 Å². The van der Waals surface area contributed by atoms with Crippen LogP contribution in [0.1, 0.15) is 48.3 Å². The van der Waals surface area contributed by atoms with Crippen molar-refractivity contribution in [2.75, 3.05) is 0 Å². The van der Waals surface area contributed by atoms with Crippen LogP contribution >= 0.6 is 0 Å². The number of ketones is 1. The molecule has 0 amide bonds. The lowest BCUT2D eigenvalue weighted by atomic mass is 9.83. The molecule has 1 aliphatic carbocycles. The summed E-state index contributed by atoms with van der Waals surface area (Å²) in [5.41, 5.74) is 4.40. The molecule has 4 rings (SSSR count). The second-order valence-corrected chi connectivity index (χ2v) is 6.85. The minimum absolute atomic E-state index is 0.377. The minimum atomic E-state index is 0.377. The fourth-order valence-electron chi connectivity index (χ4n) is 3.88. The summed E-state index contributed by atoms with van der Waals surface area (Å²) in [6, 6.07) is 18.6. The maximum Gasteiger partial charge on any atom is 0.132 e. The molecule has 0 spiro atoms. The van der Waals surface area contributed by atoms with Crippen molar-refractivity contribution >= 4 is 16.7 Å². The second-order valence-electron chi connectivity index (χ2n) is 6.85. The molecule has 124 valence electrons. The fraction of sp³-hybridized carbons (Fsp3) is 0.273. The second kappa shape index (κ2) is 6.57. The standard InChI is InChI=1S/C22H20N2O/c23-13-17-6-11-22-20(12-17)21(18-7-9-19(25)10-8-18)15-24(22)14-16-4-2-1-3-5-16/h1-6,11-12,15,18H,7-10,14H2. The van der Waals surface area contributed by atoms with E-state index in [0.717, 1.165) is 30.3 Å². The highest BCUT2D eigenvalue weighted by Gasteiger charge is 2.23. The summed E-state index contributed by atoms with van der Waals surface area (Å²) < 4.78 is 2.28. The van der Waals surface area contributed by atoms with Crippen LogP contribution in [-0.4, -0.2) is 10.4 Å². The first-order valence-corrected chi connectivity index (χ1v) is 8.83. The van der Waals surface area contributed by atoms with Gasteiger partial charge in [0.15, 0.2) is 0 Å². The van der Waals surface area contributed by atoms with Gasteiger partial charge < -0.3 is 4.57 Å². The zero-order chi connectivity index (χ0) is 17.2. The lowest BCUT2D eigenvalue weighted by Crippen LogP contribution is -2.12. The van der Waals surface area contributed by atoms with Crippen LogP contribution in [0.15, 0.2) is 54.7 Å². The Morgan fingerprint density at radius 3 is 2.56 bits per heavy atom. The fourth-order valence-corrected chi connectivity index (χ4v) is 3.88. The Balaban J connectivity index is 1.78. The Labute approximate surface area is 147 Å². The molecule has 3 heteroatoms. The molecule has 0 unspecified atom stereocenters. The van der Waals surface area contributed by atoms with E-state index in [4.69, 9.17) is 0 Å². The molecular weight excluding hydrogens is 308 g/mol. The van der Waals surface area contributed by atoms with Crippen molar-refractivity contribution < 1.29 is 4.79 Å². The molecule has 0 radical (unpaired) electrons. The topological polar surface area (TPSA) is 45.8 Å². The normalized spacial score (nSPS) is 15.4. The Bertz CT molecular complexity index is 953. The molecule has 0 atom stereocenters. The van der Waals surface area contributed by atoms with Gasteiger partial charge in [-0.15, -0.1) is 0 Å². The summed E-state index contributed by atoms with van der Waals surface area (Å²) in [6.07, 6.45) is 5.42. The third kappa shape index (κ3) is 3.08. The third-order valence-electron chi connectivity index (χ3n) is 5.22. The molecular formula is C22H20N2O. The van der Waals surface area contributed by atoms with Gasteiger partial charge in [0, 0.05) is 36.5 Å². The van der Waals surface area contributed by atoms with Gasteiger partial charge in [-0.1, -0.05) is 30.3 Å². The van der Waals surface area contributed by atoms with Gasteiger partial charge in [0.2, 0.25) is 0 Å². The SMILES string of the molecule is N#Cc1ccc2c(c1)c(C1CCC(=O)CC1)cn2Cc1ccccc1. The predicted octanol–water partition coefficient (Wildman–Crippen LogP) is 4.79. The zero-order valence-corrected chi connectivity index (χ0v) is 14.1. The molecule has 2 aromatic carbocycles. The van der Waals surface area contributed by atoms with Gasteiger partial charge in [0.1, 0.15) is 5.78 Å². The number of fused-ring (bicyclic) bond motifs is 1. The summed E-state index contributed by atoms with van der Waals surface area (Å²) in [5.74, 6) is 0.785. The van der Waals surface area contributed by atoms with E-state index in [9.17, 15) is 10.1 Å². The number of carbonyl (C=O) groups is 1. The summed E-state index contributed by atoms with van der Waals surface area (Å²) in [4.78, 5) is 11.6. The van der Waals surface area contributed by atoms with Gasteiger partial charge in [-0.25, -0.2) is 0 Å². The zero-order valence-electron chi connectivity index (χ0n) is 14.1. The van der Waals surface area contributed by atoms with Crippen molar-refractivity contribution in [3.05, 3.63) is 71.4 Å². The summed E-state index contributed by atoms with van der Waals surface area (Å²) in [6.45, 7) is 0.814. The van der Waals surface area contributed by atoms with Crippen LogP contribution in [0.3, 0.4) is 0 Å². The average Bonchev–Trinajstić information content (AvgIpc) is 3.01. The molecule has 1 aliphatic rings. The van der Waals surface area contributed by atoms with Crippen LogP contribution < -0.4 is 0 Å². The van der Waals surface area contributed by atoms with Crippen molar-refractivity contribution in [1.82, 2.24) is 4.57 Å². The van der Waals surface area contributed by atoms with Crippen LogP contribution in [-0.2, 0) is 11.3 Å². The number of carbonyl (C=O) groups excluding carboxylic acids is 1. The van der Waals surface area contributed by atoms with Crippen molar-refractivity contribution in [3.63, 3.8) is 0 Å². The molecule has 1 fully saturated rings. The lowest BCUT2D eigenvalue weighted by molar-refractivity contribution is -0.120. The van der Waals surface area contributed by atoms with Gasteiger partial charge in [0.25, 0.3) is 0 Å². The van der Waals surface area contributed by atoms with Crippen LogP contribution in [0.2, 0.25) is 0 Å². The number of Topliss-reactive ketones (excluding diaryl/α,β-unsaturated/α-hetero) is 1. The summed E-state index contributed by atoms with van der Waals surface area (Å²) in [7, 11) is 0. The van der Waals surface area contributed by atoms with Crippen LogP contribution in [0, 0.1) is 11.3 Å². The number of hydrogen-bond donors (Lipinski definition) is 0. The van der Waals surface area contributed by atoms with Crippen molar-refractivity contribution in [2.45, 2.75) is 38.1 Å². The third-order valence-corrected chi connectivity index (χ3v) is 5.22. The van der Waals surface area contributed by atoms with Crippen molar-refractivity contribution in [2.24, 2.45) is 0 Å². The highest BCUT2D eigenvalue weighted by Crippen LogP contribution is 2.37. The number of aromatic nitrogens is 1. The van der Waals surface area contributed by atoms with E-state index in [0.29, 0.717) is 30.1 Å². The first-order chi connectivity index (χ1) is 12.2. The number of hydrogen-bond acceptors (Lipinski definition) is 2. The lowest BCUT2D eigenvalue weighted by Gasteiger charge is -2.20. The molecule has 0 bridgehead atoms. The molecule has 25 heavy (non-hydrogen) atoms. The maximum absolute atomic E-state index is 11.6. The maximum atomic E-state index is 11.6. The first-order valence-electron chi connectivity index (χ1n) is 8.83. The van der Waals surface area contributed by atoms with Crippen molar-refractivity contribution in [1.29, 1.82) is 5.26 Å². The molecule has 1 heterocycles. The van der Waals surface area contributed by atoms with Gasteiger partial charge in [-0.05, 0) is 48.1 Å². The average molecular weight is 328 g/mol. The van der Waals surface area contributed by atoms with Crippen molar-refractivity contribution in [3.8, 4) is 6.07 Å². The van der Waals surface area contributed by atoms with E-state index in [1.165, 1.54) is 11.1 Å². The van der Waals surface area contributed by atoms with Crippen LogP contribution in [0.25, 0.3) is 10.9 Å². The van der Waals surface area contributed by atoms with Gasteiger partial charge in [-0.3, -0.25) is 4.79 Å². The van der Waals surface area contributed by atoms with Gasteiger partial charge >= 0.3 is 0 Å². The molecule has 1 aromatic heterocycles. The smallest absolute Gasteiger partial charge is 0.132 e. The van der Waals surface area contributed by atoms with E-state index in [-0.39, 0.29) is 0 Å². The monoisotopic (exact) mass is 328 g/mol. The van der Waals surface area contributed by atoms with E-state index >= 15 is 0 Å². The van der Waals surface area contributed by atoms with E-state index in [2.05, 4.69) is 41.1 Å². The highest BCUT2D eigenvalue weighted by molar-refractivity contribution is 5.87. The highest BCUT2D eigenvalue weighted by atomic mass is 16.1. The van der Waals surface area contributed by atoms with E-state index < -0.39 is 0 Å². The quantitative estimate of drug-likeness (QED) is 0.694. The van der Waals surface area contributed by atoms with E-state index in [1.807, 2.05) is 24.3 Å². The molecule has 0 saturated heterocycles. The molecule has 0 aliphatic heterocycles. The largest absolute Gasteiger partial charge is 0.343 e. The first kappa shape index (κ1) is 15.7. The molecule has 3 nitrogen and oxygen atoms in total. The number of rotatable bonds is 3. The predicted molar refractivity (Wildman–Crippen MR) is 98.4 cm³/mol. The molecule has 3 aromatic rings. The summed E-state index contributed by atoms with van der Waals surface area (Å²) in [5, 5.41) is 10.4. The van der Waals surface area contributed by atoms with Gasteiger partial charge in [-0.2, -0.15) is 5.26 Å². The Hall–Kier alpha value is -2.86. The number of nitrogens with zero attached hydrogens (tertiary/aromatic N) is 2. The molecule has 1 saturated carbocycles. The molecule has 0 N–H and O–H groups in total.